The van der Waals surface area contributed by atoms with Crippen molar-refractivity contribution in [2.24, 2.45) is 0 Å². The van der Waals surface area contributed by atoms with Gasteiger partial charge in [0.2, 0.25) is 0 Å². The van der Waals surface area contributed by atoms with Gasteiger partial charge in [-0.15, -0.1) is 22.7 Å². The van der Waals surface area contributed by atoms with E-state index in [0.29, 0.717) is 22.5 Å². The summed E-state index contributed by atoms with van der Waals surface area (Å²) in [7, 11) is 0. The minimum atomic E-state index is -0.623. The van der Waals surface area contributed by atoms with E-state index in [4.69, 9.17) is 4.74 Å². The first kappa shape index (κ1) is 18.8. The van der Waals surface area contributed by atoms with Crippen LogP contribution >= 0.6 is 22.7 Å². The van der Waals surface area contributed by atoms with Crippen molar-refractivity contribution in [2.45, 2.75) is 39.7 Å². The van der Waals surface area contributed by atoms with Gasteiger partial charge in [-0.25, -0.2) is 9.97 Å². The number of thiazole rings is 1. The Balaban J connectivity index is 1.44. The van der Waals surface area contributed by atoms with E-state index < -0.39 is 6.10 Å². The number of thiophene rings is 1. The molecule has 6 nitrogen and oxygen atoms in total. The minimum Gasteiger partial charge on any atom is -0.454 e. The number of para-hydroxylation sites is 1. The van der Waals surface area contributed by atoms with Crippen molar-refractivity contribution in [2.75, 3.05) is 0 Å². The highest BCUT2D eigenvalue weighted by Gasteiger charge is 2.18. The van der Waals surface area contributed by atoms with Gasteiger partial charge < -0.3 is 9.72 Å². The molecule has 0 aliphatic carbocycles. The van der Waals surface area contributed by atoms with Gasteiger partial charge in [-0.05, 0) is 38.5 Å². The van der Waals surface area contributed by atoms with E-state index in [1.807, 2.05) is 38.1 Å². The number of hydrogen-bond acceptors (Lipinski definition) is 7. The molecule has 1 aromatic carbocycles. The zero-order valence-corrected chi connectivity index (χ0v) is 17.4. The topological polar surface area (TPSA) is 84.9 Å². The minimum absolute atomic E-state index is 0.195. The molecule has 28 heavy (non-hydrogen) atoms. The number of esters is 1. The molecule has 3 aromatic heterocycles. The number of H-pyrrole nitrogens is 1. The van der Waals surface area contributed by atoms with Gasteiger partial charge in [-0.2, -0.15) is 0 Å². The lowest BCUT2D eigenvalue weighted by Gasteiger charge is -2.12. The summed E-state index contributed by atoms with van der Waals surface area (Å²) in [4.78, 5) is 38.2. The summed E-state index contributed by atoms with van der Waals surface area (Å²) in [6.07, 6.45) is 0.132. The smallest absolute Gasteiger partial charge is 0.306 e. The van der Waals surface area contributed by atoms with Crippen molar-refractivity contribution in [1.29, 1.82) is 0 Å². The summed E-state index contributed by atoms with van der Waals surface area (Å²) in [6, 6.07) is 7.90. The average molecular weight is 414 g/mol. The Hall–Kier alpha value is -2.58. The van der Waals surface area contributed by atoms with Crippen LogP contribution in [-0.4, -0.2) is 20.9 Å². The van der Waals surface area contributed by atoms with Crippen LogP contribution in [0.4, 0.5) is 0 Å². The molecule has 4 aromatic rings. The molecule has 8 heteroatoms. The molecule has 1 atom stereocenters. The molecular weight excluding hydrogens is 394 g/mol. The summed E-state index contributed by atoms with van der Waals surface area (Å²) in [5.74, 6) is 0.0279. The zero-order valence-electron chi connectivity index (χ0n) is 15.7. The molecule has 0 radical (unpaired) electrons. The molecule has 0 amide bonds. The van der Waals surface area contributed by atoms with Gasteiger partial charge >= 0.3 is 5.97 Å². The summed E-state index contributed by atoms with van der Waals surface area (Å²) in [5, 5.41) is 1.52. The van der Waals surface area contributed by atoms with Gasteiger partial charge in [0.25, 0.3) is 5.56 Å². The number of aromatic nitrogens is 3. The van der Waals surface area contributed by atoms with Crippen molar-refractivity contribution < 1.29 is 9.53 Å². The van der Waals surface area contributed by atoms with E-state index >= 15 is 0 Å². The van der Waals surface area contributed by atoms with Gasteiger partial charge in [0.15, 0.2) is 11.9 Å². The van der Waals surface area contributed by atoms with Crippen molar-refractivity contribution in [1.82, 2.24) is 15.0 Å². The van der Waals surface area contributed by atoms with E-state index in [0.717, 1.165) is 25.7 Å². The normalized spacial score (nSPS) is 12.5. The molecule has 0 fully saturated rings. The summed E-state index contributed by atoms with van der Waals surface area (Å²) < 4.78 is 6.59. The third-order valence-corrected chi connectivity index (χ3v) is 6.83. The Morgan fingerprint density at radius 1 is 1.21 bits per heavy atom. The Bertz CT molecular complexity index is 1210. The lowest BCUT2D eigenvalue weighted by molar-refractivity contribution is -0.148. The van der Waals surface area contributed by atoms with Crippen molar-refractivity contribution in [3.63, 3.8) is 0 Å². The highest BCUT2D eigenvalue weighted by molar-refractivity contribution is 7.19. The molecule has 1 N–H and O–H groups in total. The maximum absolute atomic E-state index is 12.4. The third-order valence-electron chi connectivity index (χ3n) is 4.63. The molecule has 144 valence electrons. The van der Waals surface area contributed by atoms with Crippen molar-refractivity contribution in [3.05, 3.63) is 55.9 Å². The maximum Gasteiger partial charge on any atom is 0.306 e. The largest absolute Gasteiger partial charge is 0.454 e. The Morgan fingerprint density at radius 3 is 2.79 bits per heavy atom. The molecule has 0 aliphatic heterocycles. The zero-order chi connectivity index (χ0) is 19.8. The highest BCUT2D eigenvalue weighted by Crippen LogP contribution is 2.27. The van der Waals surface area contributed by atoms with Crippen LogP contribution < -0.4 is 5.56 Å². The fourth-order valence-electron chi connectivity index (χ4n) is 3.01. The molecular formula is C20H19N3O3S2. The molecule has 0 aliphatic rings. The van der Waals surface area contributed by atoms with Gasteiger partial charge in [0.05, 0.1) is 27.0 Å². The summed E-state index contributed by atoms with van der Waals surface area (Å²) >= 11 is 3.06. The predicted molar refractivity (Wildman–Crippen MR) is 112 cm³/mol. The van der Waals surface area contributed by atoms with Crippen LogP contribution in [0.5, 0.6) is 0 Å². The second kappa shape index (κ2) is 7.44. The van der Waals surface area contributed by atoms with Crippen LogP contribution in [0.1, 0.15) is 40.7 Å². The number of ether oxygens (including phenoxy) is 1. The lowest BCUT2D eigenvalue weighted by Crippen LogP contribution is -2.17. The van der Waals surface area contributed by atoms with Crippen molar-refractivity contribution in [3.8, 4) is 0 Å². The molecule has 0 unspecified atom stereocenters. The van der Waals surface area contributed by atoms with Crippen LogP contribution in [0, 0.1) is 13.8 Å². The van der Waals surface area contributed by atoms with Crippen molar-refractivity contribution >= 4 is 49.1 Å². The number of hydrogen-bond donors (Lipinski definition) is 1. The second-order valence-electron chi connectivity index (χ2n) is 6.62. The van der Waals surface area contributed by atoms with E-state index in [1.54, 1.807) is 18.3 Å². The fraction of sp³-hybridized carbons (Fsp3) is 0.300. The number of aryl methyl sites for hydroxylation is 3. The first-order valence-corrected chi connectivity index (χ1v) is 10.6. The van der Waals surface area contributed by atoms with Gasteiger partial charge in [-0.3, -0.25) is 9.59 Å². The molecule has 0 saturated heterocycles. The quantitative estimate of drug-likeness (QED) is 0.489. The SMILES string of the molecule is Cc1sc2nc([C@H](C)OC(=O)CCc3nc4ccccc4s3)[nH]c(=O)c2c1C. The maximum atomic E-state index is 12.4. The van der Waals surface area contributed by atoms with Crippen LogP contribution in [0.3, 0.4) is 0 Å². The first-order chi connectivity index (χ1) is 13.4. The number of rotatable bonds is 5. The average Bonchev–Trinajstić information content (AvgIpc) is 3.20. The molecule has 0 saturated carbocycles. The van der Waals surface area contributed by atoms with E-state index in [-0.39, 0.29) is 17.9 Å². The van der Waals surface area contributed by atoms with E-state index in [9.17, 15) is 9.59 Å². The Kier molecular flexibility index (Phi) is 4.99. The Labute approximate surface area is 169 Å². The number of carbonyl (C=O) groups excluding carboxylic acids is 1. The van der Waals surface area contributed by atoms with Gasteiger partial charge in [0, 0.05) is 11.3 Å². The highest BCUT2D eigenvalue weighted by atomic mass is 32.1. The first-order valence-electron chi connectivity index (χ1n) is 8.96. The predicted octanol–water partition coefficient (Wildman–Crippen LogP) is 4.45. The lowest BCUT2D eigenvalue weighted by atomic mass is 10.2. The molecule has 3 heterocycles. The fourth-order valence-corrected chi connectivity index (χ4v) is 5.02. The van der Waals surface area contributed by atoms with Crippen LogP contribution in [0.25, 0.3) is 20.4 Å². The molecule has 0 bridgehead atoms. The van der Waals surface area contributed by atoms with Crippen LogP contribution in [-0.2, 0) is 16.0 Å². The number of fused-ring (bicyclic) bond motifs is 2. The number of nitrogens with zero attached hydrogens (tertiary/aromatic N) is 2. The second-order valence-corrected chi connectivity index (χ2v) is 8.94. The monoisotopic (exact) mass is 413 g/mol. The van der Waals surface area contributed by atoms with Gasteiger partial charge in [0.1, 0.15) is 4.83 Å². The summed E-state index contributed by atoms with van der Waals surface area (Å²) in [6.45, 7) is 5.59. The van der Waals surface area contributed by atoms with Crippen LogP contribution in [0.15, 0.2) is 29.1 Å². The number of nitrogens with one attached hydrogen (secondary N) is 1. The number of aromatic amines is 1. The molecule has 0 spiro atoms. The number of carbonyl (C=O) groups is 1. The summed E-state index contributed by atoms with van der Waals surface area (Å²) in [5.41, 5.74) is 1.70. The third kappa shape index (κ3) is 3.57. The van der Waals surface area contributed by atoms with Crippen LogP contribution in [0.2, 0.25) is 0 Å². The standard InChI is InChI=1S/C20H19N3O3S2/c1-10-12(3)27-20-17(10)19(25)22-18(23-20)11(2)26-16(24)9-8-15-21-13-6-4-5-7-14(13)28-15/h4-7,11H,8-9H2,1-3H3,(H,22,23,25)/t11-/m0/s1. The molecule has 4 rings (SSSR count). The number of benzene rings is 1. The Morgan fingerprint density at radius 2 is 2.00 bits per heavy atom. The van der Waals surface area contributed by atoms with E-state index in [2.05, 4.69) is 15.0 Å². The van der Waals surface area contributed by atoms with Gasteiger partial charge in [-0.1, -0.05) is 12.1 Å². The van der Waals surface area contributed by atoms with E-state index in [1.165, 1.54) is 11.3 Å².